The van der Waals surface area contributed by atoms with Crippen molar-refractivity contribution in [1.29, 1.82) is 0 Å². The molecule has 184 valence electrons. The van der Waals surface area contributed by atoms with E-state index in [4.69, 9.17) is 5.11 Å². The average molecular weight is 493 g/mol. The normalized spacial score (nSPS) is 10.3. The maximum atomic E-state index is 11.3. The van der Waals surface area contributed by atoms with Crippen LogP contribution in [0.25, 0.3) is 44.5 Å². The van der Waals surface area contributed by atoms with Crippen molar-refractivity contribution in [1.82, 2.24) is 0 Å². The summed E-state index contributed by atoms with van der Waals surface area (Å²) in [6.45, 7) is 0. The quantitative estimate of drug-likeness (QED) is 0.257. The van der Waals surface area contributed by atoms with Crippen LogP contribution in [0.3, 0.4) is 0 Å². The van der Waals surface area contributed by atoms with Crippen molar-refractivity contribution >= 4 is 0 Å². The van der Waals surface area contributed by atoms with Crippen molar-refractivity contribution in [2.24, 2.45) is 0 Å². The van der Waals surface area contributed by atoms with Gasteiger partial charge in [0.15, 0.2) is 0 Å². The van der Waals surface area contributed by atoms with Gasteiger partial charge in [-0.25, -0.2) is 0 Å². The van der Waals surface area contributed by atoms with Crippen LogP contribution >= 0.6 is 0 Å². The predicted molar refractivity (Wildman–Crippen MR) is 158 cm³/mol. The van der Waals surface area contributed by atoms with E-state index >= 15 is 0 Å². The van der Waals surface area contributed by atoms with Crippen LogP contribution in [-0.4, -0.2) is 10.2 Å². The molecule has 2 nitrogen and oxygen atoms in total. The summed E-state index contributed by atoms with van der Waals surface area (Å²) >= 11 is 0. The largest absolute Gasteiger partial charge is 0.508 e. The number of para-hydroxylation sites is 1. The highest BCUT2D eigenvalue weighted by Crippen LogP contribution is 2.49. The molecule has 0 bridgehead atoms. The van der Waals surface area contributed by atoms with Crippen LogP contribution in [0.2, 0.25) is 0 Å². The Morgan fingerprint density at radius 3 is 1.05 bits per heavy atom. The van der Waals surface area contributed by atoms with Crippen LogP contribution in [0.1, 0.15) is 0 Å². The third kappa shape index (κ3) is 5.50. The lowest BCUT2D eigenvalue weighted by Gasteiger charge is -2.22. The summed E-state index contributed by atoms with van der Waals surface area (Å²) in [5.41, 5.74) is 8.30. The number of rotatable bonds is 4. The van der Waals surface area contributed by atoms with Gasteiger partial charge in [-0.15, -0.1) is 0 Å². The molecule has 0 saturated heterocycles. The Morgan fingerprint density at radius 1 is 0.316 bits per heavy atom. The molecule has 0 radical (unpaired) electrons. The van der Waals surface area contributed by atoms with Gasteiger partial charge in [0.05, 0.1) is 0 Å². The summed E-state index contributed by atoms with van der Waals surface area (Å²) in [4.78, 5) is 0. The van der Waals surface area contributed by atoms with Crippen molar-refractivity contribution in [3.05, 3.63) is 158 Å². The molecule has 2 heteroatoms. The Kier molecular flexibility index (Phi) is 7.62. The lowest BCUT2D eigenvalue weighted by molar-refractivity contribution is 0.475. The molecule has 0 fully saturated rings. The molecule has 38 heavy (non-hydrogen) atoms. The molecule has 0 atom stereocenters. The van der Waals surface area contributed by atoms with Crippen LogP contribution < -0.4 is 0 Å². The fraction of sp³-hybridized carbons (Fsp3) is 0. The highest BCUT2D eigenvalue weighted by atomic mass is 16.3. The molecule has 6 aromatic rings. The van der Waals surface area contributed by atoms with Gasteiger partial charge in [-0.2, -0.15) is 0 Å². The first-order valence-corrected chi connectivity index (χ1v) is 12.6. The van der Waals surface area contributed by atoms with Gasteiger partial charge in [-0.3, -0.25) is 0 Å². The van der Waals surface area contributed by atoms with Crippen LogP contribution in [0.4, 0.5) is 0 Å². The Labute approximate surface area is 223 Å². The molecule has 0 spiro atoms. The summed E-state index contributed by atoms with van der Waals surface area (Å²) in [7, 11) is 0. The van der Waals surface area contributed by atoms with E-state index in [2.05, 4.69) is 60.7 Å². The SMILES string of the molecule is Oc1cc(-c2ccccc2)c(-c2ccccc2)c(-c2ccccc2)c1-c1ccccc1.Oc1ccccc1. The third-order valence-corrected chi connectivity index (χ3v) is 6.33. The van der Waals surface area contributed by atoms with Gasteiger partial charge in [0, 0.05) is 11.1 Å². The molecule has 0 aliphatic carbocycles. The van der Waals surface area contributed by atoms with E-state index in [-0.39, 0.29) is 5.75 Å². The molecule has 0 aliphatic rings. The van der Waals surface area contributed by atoms with Crippen molar-refractivity contribution < 1.29 is 10.2 Å². The molecular formula is C36H28O2. The Balaban J connectivity index is 0.000000366. The van der Waals surface area contributed by atoms with Crippen LogP contribution in [0, 0.1) is 0 Å². The second-order valence-electron chi connectivity index (χ2n) is 8.87. The molecule has 0 saturated carbocycles. The second kappa shape index (κ2) is 11.8. The molecule has 0 aromatic heterocycles. The maximum Gasteiger partial charge on any atom is 0.124 e. The summed E-state index contributed by atoms with van der Waals surface area (Å²) in [6, 6.07) is 51.8. The van der Waals surface area contributed by atoms with Gasteiger partial charge >= 0.3 is 0 Å². The summed E-state index contributed by atoms with van der Waals surface area (Å²) in [5.74, 6) is 0.603. The standard InChI is InChI=1S/C30H22O.C6H6O/c31-27-21-26(22-13-5-1-6-14-22)28(23-15-7-2-8-16-23)30(25-19-11-4-12-20-25)29(27)24-17-9-3-10-18-24;7-6-4-2-1-3-5-6/h1-21,31H;1-5,7H. The molecule has 0 unspecified atom stereocenters. The van der Waals surface area contributed by atoms with E-state index in [9.17, 15) is 5.11 Å². The Bertz CT molecular complexity index is 1580. The van der Waals surface area contributed by atoms with Crippen molar-refractivity contribution in [2.45, 2.75) is 0 Å². The molecule has 0 heterocycles. The van der Waals surface area contributed by atoms with Crippen molar-refractivity contribution in [2.75, 3.05) is 0 Å². The molecular weight excluding hydrogens is 464 g/mol. The molecule has 0 amide bonds. The first-order chi connectivity index (χ1) is 18.7. The molecule has 6 aromatic carbocycles. The van der Waals surface area contributed by atoms with Crippen molar-refractivity contribution in [3.8, 4) is 56.0 Å². The summed E-state index contributed by atoms with van der Waals surface area (Å²) < 4.78 is 0. The zero-order chi connectivity index (χ0) is 26.2. The fourth-order valence-corrected chi connectivity index (χ4v) is 4.64. The van der Waals surface area contributed by atoms with Gasteiger partial charge in [0.25, 0.3) is 0 Å². The molecule has 6 rings (SSSR count). The van der Waals surface area contributed by atoms with Gasteiger partial charge < -0.3 is 10.2 Å². The van der Waals surface area contributed by atoms with Gasteiger partial charge in [-0.1, -0.05) is 140 Å². The highest BCUT2D eigenvalue weighted by Gasteiger charge is 2.22. The Hall–Kier alpha value is -5.08. The number of benzene rings is 6. The third-order valence-electron chi connectivity index (χ3n) is 6.33. The summed E-state index contributed by atoms with van der Waals surface area (Å²) in [6.07, 6.45) is 0. The molecule has 2 N–H and O–H groups in total. The zero-order valence-electron chi connectivity index (χ0n) is 20.9. The minimum Gasteiger partial charge on any atom is -0.508 e. The van der Waals surface area contributed by atoms with Gasteiger partial charge in [0.2, 0.25) is 0 Å². The minimum absolute atomic E-state index is 0.281. The van der Waals surface area contributed by atoms with E-state index < -0.39 is 0 Å². The monoisotopic (exact) mass is 492 g/mol. The highest BCUT2D eigenvalue weighted by molar-refractivity contribution is 6.03. The van der Waals surface area contributed by atoms with Gasteiger partial charge in [0.1, 0.15) is 11.5 Å². The van der Waals surface area contributed by atoms with E-state index in [0.29, 0.717) is 5.75 Å². The van der Waals surface area contributed by atoms with E-state index in [1.54, 1.807) is 24.3 Å². The fourth-order valence-electron chi connectivity index (χ4n) is 4.64. The number of phenols is 2. The number of aromatic hydroxyl groups is 2. The minimum atomic E-state index is 0.281. The van der Waals surface area contributed by atoms with Crippen molar-refractivity contribution in [3.63, 3.8) is 0 Å². The van der Waals surface area contributed by atoms with E-state index in [0.717, 1.165) is 44.5 Å². The number of hydrogen-bond acceptors (Lipinski definition) is 2. The predicted octanol–water partition coefficient (Wildman–Crippen LogP) is 9.45. The zero-order valence-corrected chi connectivity index (χ0v) is 20.9. The Morgan fingerprint density at radius 2 is 0.658 bits per heavy atom. The van der Waals surface area contributed by atoms with Crippen LogP contribution in [0.15, 0.2) is 158 Å². The number of phenolic OH excluding ortho intramolecular Hbond substituents is 2. The first kappa shape index (κ1) is 24.6. The van der Waals surface area contributed by atoms with Crippen LogP contribution in [-0.2, 0) is 0 Å². The second-order valence-corrected chi connectivity index (χ2v) is 8.87. The average Bonchev–Trinajstić information content (AvgIpc) is 2.99. The summed E-state index contributed by atoms with van der Waals surface area (Å²) in [5, 5.41) is 20.0. The van der Waals surface area contributed by atoms with E-state index in [1.165, 1.54) is 0 Å². The lowest BCUT2D eigenvalue weighted by Crippen LogP contribution is -1.95. The maximum absolute atomic E-state index is 11.3. The van der Waals surface area contributed by atoms with E-state index in [1.807, 2.05) is 72.8 Å². The lowest BCUT2D eigenvalue weighted by atomic mass is 9.82. The first-order valence-electron chi connectivity index (χ1n) is 12.6. The topological polar surface area (TPSA) is 40.5 Å². The van der Waals surface area contributed by atoms with Crippen LogP contribution in [0.5, 0.6) is 11.5 Å². The number of hydrogen-bond donors (Lipinski definition) is 2. The smallest absolute Gasteiger partial charge is 0.124 e. The molecule has 0 aliphatic heterocycles. The van der Waals surface area contributed by atoms with Gasteiger partial charge in [-0.05, 0) is 51.6 Å².